The van der Waals surface area contributed by atoms with Crippen LogP contribution in [-0.4, -0.2) is 19.1 Å². The topological polar surface area (TPSA) is 38.0 Å². The largest absolute Gasteiger partial charge is 0.326 e. The number of nitrogens with one attached hydrogen (secondary N) is 1. The molecule has 0 radical (unpaired) electrons. The van der Waals surface area contributed by atoms with Crippen LogP contribution in [0.15, 0.2) is 37.0 Å². The molecule has 86 valence electrons. The van der Waals surface area contributed by atoms with Crippen molar-refractivity contribution in [1.82, 2.24) is 5.32 Å². The molecule has 3 N–H and O–H groups in total. The molecule has 2 heteroatoms. The normalized spacial score (nSPS) is 14.0. The summed E-state index contributed by atoms with van der Waals surface area (Å²) in [7, 11) is 0. The zero-order valence-corrected chi connectivity index (χ0v) is 10.00. The second kappa shape index (κ2) is 8.45. The standard InChI is InChI=1S/C13H24N2/c1-5-7-12(6-2)8-9-15-10-13(14)11(3)4/h5-7,11,13,15H,1-2,8-10,14H2,3-4H3/b12-7+. The van der Waals surface area contributed by atoms with Crippen LogP contribution in [0.4, 0.5) is 0 Å². The molecule has 0 aromatic heterocycles. The van der Waals surface area contributed by atoms with Gasteiger partial charge in [0.05, 0.1) is 0 Å². The van der Waals surface area contributed by atoms with E-state index >= 15 is 0 Å². The molecular weight excluding hydrogens is 184 g/mol. The summed E-state index contributed by atoms with van der Waals surface area (Å²) in [6.07, 6.45) is 6.61. The van der Waals surface area contributed by atoms with E-state index in [0.29, 0.717) is 5.92 Å². The van der Waals surface area contributed by atoms with Gasteiger partial charge in [-0.1, -0.05) is 45.2 Å². The molecule has 1 unspecified atom stereocenters. The summed E-state index contributed by atoms with van der Waals surface area (Å²) < 4.78 is 0. The highest BCUT2D eigenvalue weighted by molar-refractivity contribution is 5.20. The molecule has 1 atom stereocenters. The van der Waals surface area contributed by atoms with Crippen molar-refractivity contribution in [3.63, 3.8) is 0 Å². The van der Waals surface area contributed by atoms with Crippen LogP contribution in [0.5, 0.6) is 0 Å². The van der Waals surface area contributed by atoms with Gasteiger partial charge in [-0.05, 0) is 24.5 Å². The summed E-state index contributed by atoms with van der Waals surface area (Å²) in [5, 5.41) is 3.34. The van der Waals surface area contributed by atoms with Gasteiger partial charge in [-0.2, -0.15) is 0 Å². The SMILES string of the molecule is C=C/C=C(\C=C)CCNCC(N)C(C)C. The second-order valence-electron chi connectivity index (χ2n) is 4.04. The summed E-state index contributed by atoms with van der Waals surface area (Å²) in [6.45, 7) is 13.5. The summed E-state index contributed by atoms with van der Waals surface area (Å²) >= 11 is 0. The lowest BCUT2D eigenvalue weighted by Gasteiger charge is -2.16. The third-order valence-corrected chi connectivity index (χ3v) is 2.42. The zero-order chi connectivity index (χ0) is 11.7. The molecule has 15 heavy (non-hydrogen) atoms. The molecule has 0 saturated heterocycles. The number of allylic oxidation sites excluding steroid dienone is 3. The quantitative estimate of drug-likeness (QED) is 0.474. The van der Waals surface area contributed by atoms with Gasteiger partial charge in [0, 0.05) is 12.6 Å². The van der Waals surface area contributed by atoms with Crippen LogP contribution >= 0.6 is 0 Å². The van der Waals surface area contributed by atoms with Crippen molar-refractivity contribution in [2.75, 3.05) is 13.1 Å². The highest BCUT2D eigenvalue weighted by atomic mass is 14.9. The molecule has 0 bridgehead atoms. The van der Waals surface area contributed by atoms with E-state index in [1.165, 1.54) is 5.57 Å². The Morgan fingerprint density at radius 1 is 1.40 bits per heavy atom. The maximum atomic E-state index is 5.91. The van der Waals surface area contributed by atoms with E-state index in [9.17, 15) is 0 Å². The van der Waals surface area contributed by atoms with Crippen LogP contribution in [0.2, 0.25) is 0 Å². The predicted octanol–water partition coefficient (Wildman–Crippen LogP) is 2.25. The van der Waals surface area contributed by atoms with Gasteiger partial charge >= 0.3 is 0 Å². The molecule has 0 rings (SSSR count). The molecule has 0 aromatic rings. The van der Waals surface area contributed by atoms with Gasteiger partial charge in [-0.3, -0.25) is 0 Å². The van der Waals surface area contributed by atoms with E-state index in [-0.39, 0.29) is 6.04 Å². The molecule has 0 spiro atoms. The van der Waals surface area contributed by atoms with Crippen molar-refractivity contribution in [3.05, 3.63) is 37.0 Å². The van der Waals surface area contributed by atoms with E-state index < -0.39 is 0 Å². The molecular formula is C13H24N2. The second-order valence-corrected chi connectivity index (χ2v) is 4.04. The highest BCUT2D eigenvalue weighted by Gasteiger charge is 2.05. The number of hydrogen-bond acceptors (Lipinski definition) is 2. The van der Waals surface area contributed by atoms with Crippen molar-refractivity contribution in [1.29, 1.82) is 0 Å². The molecule has 0 fully saturated rings. The van der Waals surface area contributed by atoms with Crippen molar-refractivity contribution < 1.29 is 0 Å². The van der Waals surface area contributed by atoms with Crippen LogP contribution < -0.4 is 11.1 Å². The van der Waals surface area contributed by atoms with Crippen LogP contribution in [0.1, 0.15) is 20.3 Å². The highest BCUT2D eigenvalue weighted by Crippen LogP contribution is 2.01. The van der Waals surface area contributed by atoms with Crippen LogP contribution in [0.25, 0.3) is 0 Å². The zero-order valence-electron chi connectivity index (χ0n) is 10.00. The van der Waals surface area contributed by atoms with Crippen LogP contribution in [0.3, 0.4) is 0 Å². The number of nitrogens with two attached hydrogens (primary N) is 1. The molecule has 0 saturated carbocycles. The summed E-state index contributed by atoms with van der Waals surface area (Å²) in [5.41, 5.74) is 7.12. The van der Waals surface area contributed by atoms with Crippen molar-refractivity contribution >= 4 is 0 Å². The van der Waals surface area contributed by atoms with Gasteiger partial charge in [0.15, 0.2) is 0 Å². The van der Waals surface area contributed by atoms with Gasteiger partial charge in [-0.25, -0.2) is 0 Å². The van der Waals surface area contributed by atoms with Crippen molar-refractivity contribution in [2.45, 2.75) is 26.3 Å². The Labute approximate surface area is 93.9 Å². The third kappa shape index (κ3) is 7.11. The van der Waals surface area contributed by atoms with E-state index in [1.807, 2.05) is 12.2 Å². The van der Waals surface area contributed by atoms with E-state index in [2.05, 4.69) is 32.3 Å². The lowest BCUT2D eigenvalue weighted by Crippen LogP contribution is -2.38. The third-order valence-electron chi connectivity index (χ3n) is 2.42. The Bertz CT molecular complexity index is 217. The molecule has 2 nitrogen and oxygen atoms in total. The molecule has 0 amide bonds. The van der Waals surface area contributed by atoms with E-state index in [4.69, 9.17) is 5.73 Å². The van der Waals surface area contributed by atoms with Gasteiger partial charge in [0.25, 0.3) is 0 Å². The number of rotatable bonds is 8. The summed E-state index contributed by atoms with van der Waals surface area (Å²) in [4.78, 5) is 0. The van der Waals surface area contributed by atoms with E-state index in [1.54, 1.807) is 6.08 Å². The first-order chi connectivity index (χ1) is 7.11. The van der Waals surface area contributed by atoms with Crippen molar-refractivity contribution in [2.24, 2.45) is 11.7 Å². The molecule has 0 aliphatic carbocycles. The first kappa shape index (κ1) is 14.1. The fraction of sp³-hybridized carbons (Fsp3) is 0.538. The average Bonchev–Trinajstić information content (AvgIpc) is 2.22. The molecule has 0 heterocycles. The number of hydrogen-bond donors (Lipinski definition) is 2. The Kier molecular flexibility index (Phi) is 7.96. The summed E-state index contributed by atoms with van der Waals surface area (Å²) in [5.74, 6) is 0.528. The van der Waals surface area contributed by atoms with Gasteiger partial charge in [-0.15, -0.1) is 0 Å². The molecule has 0 aliphatic rings. The minimum atomic E-state index is 0.237. The van der Waals surface area contributed by atoms with Crippen LogP contribution in [-0.2, 0) is 0 Å². The fourth-order valence-electron chi connectivity index (χ4n) is 1.14. The smallest absolute Gasteiger partial charge is 0.0188 e. The lowest BCUT2D eigenvalue weighted by atomic mass is 10.1. The van der Waals surface area contributed by atoms with Crippen molar-refractivity contribution in [3.8, 4) is 0 Å². The Morgan fingerprint density at radius 2 is 2.07 bits per heavy atom. The van der Waals surface area contributed by atoms with Gasteiger partial charge < -0.3 is 11.1 Å². The maximum absolute atomic E-state index is 5.91. The van der Waals surface area contributed by atoms with Crippen LogP contribution in [0, 0.1) is 5.92 Å². The Morgan fingerprint density at radius 3 is 2.53 bits per heavy atom. The predicted molar refractivity (Wildman–Crippen MR) is 68.8 cm³/mol. The molecule has 0 aromatic carbocycles. The lowest BCUT2D eigenvalue weighted by molar-refractivity contribution is 0.460. The van der Waals surface area contributed by atoms with E-state index in [0.717, 1.165) is 19.5 Å². The minimum absolute atomic E-state index is 0.237. The summed E-state index contributed by atoms with van der Waals surface area (Å²) in [6, 6.07) is 0.237. The first-order valence-corrected chi connectivity index (χ1v) is 5.52. The fourth-order valence-corrected chi connectivity index (χ4v) is 1.14. The molecule has 0 aliphatic heterocycles. The Balaban J connectivity index is 3.66. The van der Waals surface area contributed by atoms with Gasteiger partial charge in [0.2, 0.25) is 0 Å². The average molecular weight is 208 g/mol. The first-order valence-electron chi connectivity index (χ1n) is 5.52. The maximum Gasteiger partial charge on any atom is 0.0188 e. The Hall–Kier alpha value is -0.860. The monoisotopic (exact) mass is 208 g/mol. The minimum Gasteiger partial charge on any atom is -0.326 e. The van der Waals surface area contributed by atoms with Gasteiger partial charge in [0.1, 0.15) is 0 Å².